The van der Waals surface area contributed by atoms with Crippen LogP contribution in [0.25, 0.3) is 0 Å². The molecule has 0 bridgehead atoms. The summed E-state index contributed by atoms with van der Waals surface area (Å²) >= 11 is 1.74. The number of aryl methyl sites for hydroxylation is 1. The number of hydrogen-bond acceptors (Lipinski definition) is 4. The van der Waals surface area contributed by atoms with E-state index in [-0.39, 0.29) is 0 Å². The highest BCUT2D eigenvalue weighted by atomic mass is 32.1. The van der Waals surface area contributed by atoms with Crippen molar-refractivity contribution in [2.75, 3.05) is 6.61 Å². The fourth-order valence-corrected chi connectivity index (χ4v) is 3.12. The van der Waals surface area contributed by atoms with Crippen LogP contribution in [0.2, 0.25) is 0 Å². The van der Waals surface area contributed by atoms with E-state index in [1.165, 1.54) is 4.88 Å². The van der Waals surface area contributed by atoms with Gasteiger partial charge in [-0.1, -0.05) is 0 Å². The van der Waals surface area contributed by atoms with Gasteiger partial charge in [-0.05, 0) is 33.6 Å². The predicted octanol–water partition coefficient (Wildman–Crippen LogP) is 2.67. The Morgan fingerprint density at radius 2 is 2.44 bits per heavy atom. The highest BCUT2D eigenvalue weighted by molar-refractivity contribution is 7.09. The van der Waals surface area contributed by atoms with Crippen molar-refractivity contribution in [3.05, 3.63) is 16.1 Å². The molecule has 16 heavy (non-hydrogen) atoms. The highest BCUT2D eigenvalue weighted by Crippen LogP contribution is 2.23. The van der Waals surface area contributed by atoms with Gasteiger partial charge < -0.3 is 10.1 Å². The molecule has 1 aromatic heterocycles. The number of aromatic nitrogens is 1. The molecule has 3 unspecified atom stereocenters. The van der Waals surface area contributed by atoms with Crippen LogP contribution in [0.1, 0.15) is 43.3 Å². The average Bonchev–Trinajstić information content (AvgIpc) is 2.64. The second-order valence-corrected chi connectivity index (χ2v) is 5.48. The van der Waals surface area contributed by atoms with Gasteiger partial charge in [0, 0.05) is 23.6 Å². The first-order chi connectivity index (χ1) is 7.66. The molecule has 3 atom stereocenters. The topological polar surface area (TPSA) is 34.2 Å². The molecule has 90 valence electrons. The van der Waals surface area contributed by atoms with Crippen LogP contribution in [-0.4, -0.2) is 23.7 Å². The number of thiazole rings is 1. The predicted molar refractivity (Wildman–Crippen MR) is 66.8 cm³/mol. The molecule has 3 nitrogen and oxygen atoms in total. The zero-order valence-corrected chi connectivity index (χ0v) is 11.0. The van der Waals surface area contributed by atoms with Crippen molar-refractivity contribution < 1.29 is 4.74 Å². The van der Waals surface area contributed by atoms with Crippen molar-refractivity contribution in [3.8, 4) is 0 Å². The van der Waals surface area contributed by atoms with E-state index >= 15 is 0 Å². The summed E-state index contributed by atoms with van der Waals surface area (Å²) in [5.74, 6) is 0. The zero-order valence-electron chi connectivity index (χ0n) is 10.2. The molecule has 0 amide bonds. The van der Waals surface area contributed by atoms with Gasteiger partial charge in [-0.2, -0.15) is 0 Å². The quantitative estimate of drug-likeness (QED) is 0.882. The monoisotopic (exact) mass is 240 g/mol. The van der Waals surface area contributed by atoms with Crippen LogP contribution in [0.15, 0.2) is 5.51 Å². The maximum absolute atomic E-state index is 5.55. The fraction of sp³-hybridized carbons (Fsp3) is 0.750. The SMILES string of the molecule is Cc1ncsc1C(C)NC1CCOC(C)C1. The van der Waals surface area contributed by atoms with E-state index in [1.807, 2.05) is 5.51 Å². The summed E-state index contributed by atoms with van der Waals surface area (Å²) in [5, 5.41) is 3.68. The molecule has 1 aromatic rings. The van der Waals surface area contributed by atoms with Crippen LogP contribution in [0.5, 0.6) is 0 Å². The summed E-state index contributed by atoms with van der Waals surface area (Å²) < 4.78 is 5.55. The molecule has 2 heterocycles. The van der Waals surface area contributed by atoms with Gasteiger partial charge in [0.1, 0.15) is 0 Å². The Morgan fingerprint density at radius 3 is 3.06 bits per heavy atom. The number of hydrogen-bond donors (Lipinski definition) is 1. The molecule has 1 aliphatic rings. The van der Waals surface area contributed by atoms with E-state index in [2.05, 4.69) is 31.1 Å². The average molecular weight is 240 g/mol. The second kappa shape index (κ2) is 5.25. The Bertz CT molecular complexity index is 340. The Labute approximate surface area is 101 Å². The molecule has 1 saturated heterocycles. The van der Waals surface area contributed by atoms with E-state index in [0.717, 1.165) is 25.1 Å². The van der Waals surface area contributed by atoms with Crippen LogP contribution in [0.3, 0.4) is 0 Å². The summed E-state index contributed by atoms with van der Waals surface area (Å²) in [6.45, 7) is 7.33. The largest absolute Gasteiger partial charge is 0.378 e. The van der Waals surface area contributed by atoms with E-state index in [0.29, 0.717) is 18.2 Å². The minimum absolute atomic E-state index is 0.390. The van der Waals surface area contributed by atoms with Gasteiger partial charge in [-0.15, -0.1) is 11.3 Å². The second-order valence-electron chi connectivity index (χ2n) is 4.59. The number of nitrogens with one attached hydrogen (secondary N) is 1. The lowest BCUT2D eigenvalue weighted by Gasteiger charge is -2.30. The van der Waals surface area contributed by atoms with Crippen LogP contribution >= 0.6 is 11.3 Å². The third-order valence-corrected chi connectivity index (χ3v) is 4.26. The van der Waals surface area contributed by atoms with Crippen molar-refractivity contribution in [2.24, 2.45) is 0 Å². The van der Waals surface area contributed by atoms with Crippen molar-refractivity contribution >= 4 is 11.3 Å². The van der Waals surface area contributed by atoms with Crippen molar-refractivity contribution in [1.29, 1.82) is 0 Å². The molecule has 4 heteroatoms. The summed E-state index contributed by atoms with van der Waals surface area (Å²) in [7, 11) is 0. The number of nitrogens with zero attached hydrogens (tertiary/aromatic N) is 1. The molecular weight excluding hydrogens is 220 g/mol. The fourth-order valence-electron chi connectivity index (χ4n) is 2.31. The standard InChI is InChI=1S/C12H20N2OS/c1-8-6-11(4-5-15-8)14-10(3)12-9(2)13-7-16-12/h7-8,10-11,14H,4-6H2,1-3H3. The van der Waals surface area contributed by atoms with Crippen LogP contribution in [0, 0.1) is 6.92 Å². The molecule has 2 rings (SSSR count). The zero-order chi connectivity index (χ0) is 11.5. The summed E-state index contributed by atoms with van der Waals surface area (Å²) in [6, 6.07) is 0.989. The normalized spacial score (nSPS) is 27.9. The Kier molecular flexibility index (Phi) is 3.95. The van der Waals surface area contributed by atoms with Gasteiger partial charge in [0.05, 0.1) is 17.3 Å². The van der Waals surface area contributed by atoms with Gasteiger partial charge in [0.25, 0.3) is 0 Å². The maximum Gasteiger partial charge on any atom is 0.0798 e. The van der Waals surface area contributed by atoms with E-state index in [1.54, 1.807) is 11.3 Å². The van der Waals surface area contributed by atoms with Crippen LogP contribution in [0.4, 0.5) is 0 Å². The first-order valence-electron chi connectivity index (χ1n) is 5.94. The molecular formula is C12H20N2OS. The number of ether oxygens (including phenoxy) is 1. The third kappa shape index (κ3) is 2.81. The number of rotatable bonds is 3. The van der Waals surface area contributed by atoms with Gasteiger partial charge in [-0.25, -0.2) is 4.98 Å². The van der Waals surface area contributed by atoms with Gasteiger partial charge in [-0.3, -0.25) is 0 Å². The molecule has 0 aromatic carbocycles. The smallest absolute Gasteiger partial charge is 0.0798 e. The van der Waals surface area contributed by atoms with Gasteiger partial charge in [0.2, 0.25) is 0 Å². The first-order valence-corrected chi connectivity index (χ1v) is 6.82. The molecule has 0 saturated carbocycles. The third-order valence-electron chi connectivity index (χ3n) is 3.15. The minimum atomic E-state index is 0.390. The first kappa shape index (κ1) is 12.0. The molecule has 0 aliphatic carbocycles. The summed E-state index contributed by atoms with van der Waals surface area (Å²) in [6.07, 6.45) is 2.62. The summed E-state index contributed by atoms with van der Waals surface area (Å²) in [5.41, 5.74) is 3.08. The maximum atomic E-state index is 5.55. The van der Waals surface area contributed by atoms with Gasteiger partial charge in [0.15, 0.2) is 0 Å². The molecule has 0 spiro atoms. The van der Waals surface area contributed by atoms with Crippen LogP contribution < -0.4 is 5.32 Å². The van der Waals surface area contributed by atoms with Crippen LogP contribution in [-0.2, 0) is 4.74 Å². The molecule has 1 N–H and O–H groups in total. The van der Waals surface area contributed by atoms with Crippen molar-refractivity contribution in [1.82, 2.24) is 10.3 Å². The van der Waals surface area contributed by atoms with Gasteiger partial charge >= 0.3 is 0 Å². The van der Waals surface area contributed by atoms with E-state index in [4.69, 9.17) is 4.74 Å². The van der Waals surface area contributed by atoms with Crippen molar-refractivity contribution in [3.63, 3.8) is 0 Å². The Morgan fingerprint density at radius 1 is 1.62 bits per heavy atom. The minimum Gasteiger partial charge on any atom is -0.378 e. The molecule has 0 radical (unpaired) electrons. The highest BCUT2D eigenvalue weighted by Gasteiger charge is 2.22. The lowest BCUT2D eigenvalue weighted by Crippen LogP contribution is -2.39. The van der Waals surface area contributed by atoms with E-state index < -0.39 is 0 Å². The lowest BCUT2D eigenvalue weighted by molar-refractivity contribution is 0.0116. The van der Waals surface area contributed by atoms with E-state index in [9.17, 15) is 0 Å². The lowest BCUT2D eigenvalue weighted by atomic mass is 10.0. The Hall–Kier alpha value is -0.450. The Balaban J connectivity index is 1.92. The molecule has 1 fully saturated rings. The molecule has 1 aliphatic heterocycles. The van der Waals surface area contributed by atoms with Crippen molar-refractivity contribution in [2.45, 2.75) is 51.8 Å². The summed E-state index contributed by atoms with van der Waals surface area (Å²) in [4.78, 5) is 5.66.